The van der Waals surface area contributed by atoms with Gasteiger partial charge in [-0.2, -0.15) is 0 Å². The fourth-order valence-corrected chi connectivity index (χ4v) is 1.70. The van der Waals surface area contributed by atoms with E-state index in [1.165, 1.54) is 0 Å². The average Bonchev–Trinajstić information content (AvgIpc) is 2.18. The molecule has 1 aromatic heterocycles. The fourth-order valence-electron chi connectivity index (χ4n) is 1.23. The molecule has 0 fully saturated rings. The van der Waals surface area contributed by atoms with Gasteiger partial charge in [-0.25, -0.2) is 8.42 Å². The molecule has 0 aliphatic carbocycles. The highest BCUT2D eigenvalue weighted by Gasteiger charge is 2.08. The van der Waals surface area contributed by atoms with Crippen LogP contribution < -0.4 is 4.74 Å². The van der Waals surface area contributed by atoms with Gasteiger partial charge in [0.25, 0.3) is 0 Å². The predicted molar refractivity (Wildman–Crippen MR) is 63.5 cm³/mol. The van der Waals surface area contributed by atoms with Gasteiger partial charge in [-0.05, 0) is 25.5 Å². The minimum absolute atomic E-state index is 0.0452. The number of hydrogen-bond donors (Lipinski definition) is 0. The molecule has 0 unspecified atom stereocenters. The predicted octanol–water partition coefficient (Wildman–Crippen LogP) is 1.90. The Morgan fingerprint density at radius 1 is 1.44 bits per heavy atom. The number of halogens is 1. The van der Waals surface area contributed by atoms with Crippen molar-refractivity contribution in [2.75, 3.05) is 12.4 Å². The lowest BCUT2D eigenvalue weighted by molar-refractivity contribution is 0.336. The molecule has 1 rings (SSSR count). The summed E-state index contributed by atoms with van der Waals surface area (Å²) in [5.41, 5.74) is 1.74. The van der Waals surface area contributed by atoms with Gasteiger partial charge < -0.3 is 4.74 Å². The molecule has 0 aliphatic heterocycles. The van der Waals surface area contributed by atoms with Crippen LogP contribution in [0.1, 0.15) is 18.3 Å². The summed E-state index contributed by atoms with van der Waals surface area (Å²) in [4.78, 5) is 4.30. The molecule has 1 heterocycles. The molecule has 4 nitrogen and oxygen atoms in total. The minimum Gasteiger partial charge on any atom is -0.491 e. The molecule has 0 saturated heterocycles. The van der Waals surface area contributed by atoms with Gasteiger partial charge in [0, 0.05) is 16.4 Å². The maximum atomic E-state index is 10.7. The van der Waals surface area contributed by atoms with E-state index in [0.717, 1.165) is 17.8 Å². The molecule has 0 atom stereocenters. The number of rotatable bonds is 5. The van der Waals surface area contributed by atoms with Crippen LogP contribution in [0.3, 0.4) is 0 Å². The highest BCUT2D eigenvalue weighted by molar-refractivity contribution is 8.13. The zero-order valence-electron chi connectivity index (χ0n) is 9.23. The number of hydrogen-bond acceptors (Lipinski definition) is 4. The molecule has 1 aromatic rings. The zero-order chi connectivity index (χ0) is 12.2. The SMILES string of the molecule is CCc1nc(C)ccc1OCCS(=O)(=O)Cl. The highest BCUT2D eigenvalue weighted by Crippen LogP contribution is 2.17. The summed E-state index contributed by atoms with van der Waals surface area (Å²) in [7, 11) is 1.58. The van der Waals surface area contributed by atoms with Gasteiger partial charge in [-0.15, -0.1) is 0 Å². The summed E-state index contributed by atoms with van der Waals surface area (Å²) in [6.45, 7) is 3.91. The molecule has 0 saturated carbocycles. The van der Waals surface area contributed by atoms with E-state index in [4.69, 9.17) is 15.4 Å². The van der Waals surface area contributed by atoms with Crippen LogP contribution in [0.2, 0.25) is 0 Å². The van der Waals surface area contributed by atoms with Crippen LogP contribution in [0.5, 0.6) is 5.75 Å². The van der Waals surface area contributed by atoms with E-state index in [-0.39, 0.29) is 12.4 Å². The third-order valence-corrected chi connectivity index (χ3v) is 3.11. The van der Waals surface area contributed by atoms with Gasteiger partial charge in [0.2, 0.25) is 9.05 Å². The Hall–Kier alpha value is -0.810. The average molecular weight is 264 g/mol. The molecule has 0 aliphatic rings. The number of aryl methyl sites for hydroxylation is 2. The van der Waals surface area contributed by atoms with Crippen LogP contribution >= 0.6 is 10.7 Å². The van der Waals surface area contributed by atoms with Crippen LogP contribution in [-0.4, -0.2) is 25.8 Å². The number of nitrogens with zero attached hydrogens (tertiary/aromatic N) is 1. The summed E-state index contributed by atoms with van der Waals surface area (Å²) >= 11 is 0. The van der Waals surface area contributed by atoms with Gasteiger partial charge in [0.1, 0.15) is 12.4 Å². The van der Waals surface area contributed by atoms with E-state index in [1.807, 2.05) is 19.9 Å². The number of ether oxygens (including phenoxy) is 1. The summed E-state index contributed by atoms with van der Waals surface area (Å²) in [5.74, 6) is 0.416. The van der Waals surface area contributed by atoms with E-state index >= 15 is 0 Å². The Kier molecular flexibility index (Phi) is 4.56. The Morgan fingerprint density at radius 3 is 2.69 bits per heavy atom. The third kappa shape index (κ3) is 4.37. The van der Waals surface area contributed by atoms with Crippen molar-refractivity contribution >= 4 is 19.7 Å². The molecular formula is C10H14ClNO3S. The Bertz CT molecular complexity index is 459. The van der Waals surface area contributed by atoms with Gasteiger partial charge in [0.05, 0.1) is 11.4 Å². The van der Waals surface area contributed by atoms with Crippen molar-refractivity contribution in [3.05, 3.63) is 23.5 Å². The van der Waals surface area contributed by atoms with Crippen LogP contribution in [0.4, 0.5) is 0 Å². The van der Waals surface area contributed by atoms with Crippen LogP contribution in [-0.2, 0) is 15.5 Å². The lowest BCUT2D eigenvalue weighted by Crippen LogP contribution is -2.10. The highest BCUT2D eigenvalue weighted by atomic mass is 35.7. The second kappa shape index (κ2) is 5.50. The van der Waals surface area contributed by atoms with Crippen LogP contribution in [0.15, 0.2) is 12.1 Å². The van der Waals surface area contributed by atoms with Crippen molar-refractivity contribution < 1.29 is 13.2 Å². The quantitative estimate of drug-likeness (QED) is 0.762. The topological polar surface area (TPSA) is 56.3 Å². The van der Waals surface area contributed by atoms with Crippen LogP contribution in [0, 0.1) is 6.92 Å². The Morgan fingerprint density at radius 2 is 2.12 bits per heavy atom. The maximum absolute atomic E-state index is 10.7. The third-order valence-electron chi connectivity index (χ3n) is 1.99. The summed E-state index contributed by atoms with van der Waals surface area (Å²) in [5, 5.41) is 0. The normalized spacial score (nSPS) is 11.4. The van der Waals surface area contributed by atoms with Gasteiger partial charge in [-0.1, -0.05) is 6.92 Å². The molecule has 0 radical (unpaired) electrons. The number of aromatic nitrogens is 1. The van der Waals surface area contributed by atoms with Crippen molar-refractivity contribution in [1.29, 1.82) is 0 Å². The van der Waals surface area contributed by atoms with Gasteiger partial charge in [-0.3, -0.25) is 4.98 Å². The molecule has 0 amide bonds. The maximum Gasteiger partial charge on any atom is 0.235 e. The monoisotopic (exact) mass is 263 g/mol. The van der Waals surface area contributed by atoms with E-state index in [0.29, 0.717) is 5.75 Å². The zero-order valence-corrected chi connectivity index (χ0v) is 10.8. The first-order valence-corrected chi connectivity index (χ1v) is 7.42. The second-order valence-corrected chi connectivity index (χ2v) is 6.24. The molecule has 0 aromatic carbocycles. The van der Waals surface area contributed by atoms with Crippen molar-refractivity contribution in [1.82, 2.24) is 4.98 Å². The molecule has 16 heavy (non-hydrogen) atoms. The van der Waals surface area contributed by atoms with Crippen molar-refractivity contribution in [2.45, 2.75) is 20.3 Å². The van der Waals surface area contributed by atoms with Crippen molar-refractivity contribution in [2.24, 2.45) is 0 Å². The summed E-state index contributed by atoms with van der Waals surface area (Å²) in [6.07, 6.45) is 0.741. The molecule has 0 N–H and O–H groups in total. The van der Waals surface area contributed by atoms with Crippen molar-refractivity contribution in [3.8, 4) is 5.75 Å². The smallest absolute Gasteiger partial charge is 0.235 e. The largest absolute Gasteiger partial charge is 0.491 e. The minimum atomic E-state index is -3.50. The molecule has 0 bridgehead atoms. The van der Waals surface area contributed by atoms with E-state index in [9.17, 15) is 8.42 Å². The van der Waals surface area contributed by atoms with E-state index in [2.05, 4.69) is 4.98 Å². The van der Waals surface area contributed by atoms with E-state index < -0.39 is 9.05 Å². The van der Waals surface area contributed by atoms with Crippen molar-refractivity contribution in [3.63, 3.8) is 0 Å². The Labute approximate surface area is 100 Å². The lowest BCUT2D eigenvalue weighted by atomic mass is 10.2. The first kappa shape index (κ1) is 13.3. The fraction of sp³-hybridized carbons (Fsp3) is 0.500. The first-order valence-electron chi connectivity index (χ1n) is 4.94. The molecule has 0 spiro atoms. The Balaban J connectivity index is 2.67. The van der Waals surface area contributed by atoms with Gasteiger partial charge >= 0.3 is 0 Å². The standard InChI is InChI=1S/C10H14ClNO3S/c1-3-9-10(5-4-8(2)12-9)15-6-7-16(11,13)14/h4-5H,3,6-7H2,1-2H3. The molecular weight excluding hydrogens is 250 g/mol. The summed E-state index contributed by atoms with van der Waals surface area (Å²) < 4.78 is 26.7. The molecule has 6 heteroatoms. The number of pyridine rings is 1. The van der Waals surface area contributed by atoms with Gasteiger partial charge in [0.15, 0.2) is 0 Å². The van der Waals surface area contributed by atoms with Crippen LogP contribution in [0.25, 0.3) is 0 Å². The second-order valence-electron chi connectivity index (χ2n) is 3.34. The summed E-state index contributed by atoms with van der Waals surface area (Å²) in [6, 6.07) is 3.62. The lowest BCUT2D eigenvalue weighted by Gasteiger charge is -2.09. The first-order chi connectivity index (χ1) is 7.42. The van der Waals surface area contributed by atoms with E-state index in [1.54, 1.807) is 6.07 Å². The molecule has 90 valence electrons.